The first-order valence-electron chi connectivity index (χ1n) is 13.2. The van der Waals surface area contributed by atoms with Crippen molar-refractivity contribution in [3.63, 3.8) is 0 Å². The van der Waals surface area contributed by atoms with E-state index in [9.17, 15) is 37.5 Å². The summed E-state index contributed by atoms with van der Waals surface area (Å²) in [5.41, 5.74) is -0.178. The van der Waals surface area contributed by atoms with E-state index in [1.165, 1.54) is 25.3 Å². The molecule has 1 fully saturated rings. The number of benzene rings is 3. The molecule has 3 atom stereocenters. The zero-order chi connectivity index (χ0) is 32.2. The van der Waals surface area contributed by atoms with E-state index < -0.39 is 58.0 Å². The van der Waals surface area contributed by atoms with Crippen LogP contribution in [0.3, 0.4) is 0 Å². The van der Waals surface area contributed by atoms with Crippen LogP contribution in [0.25, 0.3) is 0 Å². The van der Waals surface area contributed by atoms with E-state index >= 15 is 0 Å². The Kier molecular flexibility index (Phi) is 8.03. The number of alkyl halides is 3. The van der Waals surface area contributed by atoms with Crippen LogP contribution in [-0.2, 0) is 27.1 Å². The molecular weight excluding hydrogens is 699 g/mol. The van der Waals surface area contributed by atoms with Crippen LogP contribution in [0, 0.1) is 5.92 Å². The van der Waals surface area contributed by atoms with Crippen LogP contribution in [0.5, 0.6) is 11.5 Å². The lowest BCUT2D eigenvalue weighted by Crippen LogP contribution is -2.33. The Bertz CT molecular complexity index is 1910. The second kappa shape index (κ2) is 11.7. The molecule has 4 aromatic rings. The Morgan fingerprint density at radius 1 is 1.04 bits per heavy atom. The highest BCUT2D eigenvalue weighted by Crippen LogP contribution is 2.54. The topological polar surface area (TPSA) is 118 Å². The molecule has 0 spiro atoms. The number of fused-ring (bicyclic) bond motifs is 2. The summed E-state index contributed by atoms with van der Waals surface area (Å²) in [6, 6.07) is 15.3. The van der Waals surface area contributed by atoms with E-state index in [4.69, 9.17) is 4.74 Å². The summed E-state index contributed by atoms with van der Waals surface area (Å²) in [6.45, 7) is -0.546. The molecule has 2 N–H and O–H groups in total. The van der Waals surface area contributed by atoms with Gasteiger partial charge in [-0.05, 0) is 60.2 Å². The smallest absolute Gasteiger partial charge is 0.416 e. The average molecular weight is 721 g/mol. The maximum atomic E-state index is 14.0. The van der Waals surface area contributed by atoms with Gasteiger partial charge in [0.1, 0.15) is 11.8 Å². The van der Waals surface area contributed by atoms with Gasteiger partial charge in [0.15, 0.2) is 11.5 Å². The number of hydrogen-bond acceptors (Lipinski definition) is 8. The number of aromatic hydroxyl groups is 1. The number of carbonyl (C=O) groups excluding carboxylic acids is 3. The number of anilines is 2. The van der Waals surface area contributed by atoms with E-state index in [-0.39, 0.29) is 17.2 Å². The van der Waals surface area contributed by atoms with Crippen molar-refractivity contribution >= 4 is 68.1 Å². The third-order valence-corrected chi connectivity index (χ3v) is 10.6. The molecule has 3 aromatic carbocycles. The number of phenolic OH excluding ortho intramolecular Hbond substituents is 1. The monoisotopic (exact) mass is 719 g/mol. The van der Waals surface area contributed by atoms with Crippen LogP contribution < -0.4 is 19.8 Å². The minimum absolute atomic E-state index is 0.101. The Morgan fingerprint density at radius 2 is 1.78 bits per heavy atom. The van der Waals surface area contributed by atoms with Gasteiger partial charge in [0, 0.05) is 21.0 Å². The molecule has 0 radical (unpaired) electrons. The summed E-state index contributed by atoms with van der Waals surface area (Å²) in [5.74, 6) is -3.51. The first-order valence-corrected chi connectivity index (χ1v) is 15.7. The number of aromatic nitrogens is 1. The molecule has 3 amide bonds. The summed E-state index contributed by atoms with van der Waals surface area (Å²) < 4.78 is 46.7. The number of thiazole rings is 1. The van der Waals surface area contributed by atoms with Gasteiger partial charge in [0.25, 0.3) is 0 Å². The number of nitrogens with zero attached hydrogens (tertiary/aromatic N) is 2. The van der Waals surface area contributed by atoms with E-state index in [0.29, 0.717) is 21.2 Å². The molecule has 3 heterocycles. The van der Waals surface area contributed by atoms with Crippen molar-refractivity contribution in [2.75, 3.05) is 17.3 Å². The van der Waals surface area contributed by atoms with Crippen LogP contribution in [-0.4, -0.2) is 39.8 Å². The SMILES string of the molecule is COc1cc(C2c3sc(=O)n(CC(=O)Nc4cccc(C(F)(F)F)c4)c3SC3C(=O)N(c4ccc(Br)cc4)C(=O)C32)ccc1O. The molecule has 15 heteroatoms. The fourth-order valence-electron chi connectivity index (χ4n) is 5.46. The molecule has 9 nitrogen and oxygen atoms in total. The molecule has 0 aliphatic carbocycles. The van der Waals surface area contributed by atoms with Gasteiger partial charge in [-0.15, -0.1) is 0 Å². The van der Waals surface area contributed by atoms with Gasteiger partial charge in [-0.1, -0.05) is 51.2 Å². The van der Waals surface area contributed by atoms with Crippen LogP contribution in [0.1, 0.15) is 21.9 Å². The molecule has 2 aliphatic rings. The van der Waals surface area contributed by atoms with Crippen molar-refractivity contribution in [3.05, 3.63) is 96.9 Å². The zero-order valence-corrected chi connectivity index (χ0v) is 26.2. The Labute approximate surface area is 269 Å². The lowest BCUT2D eigenvalue weighted by molar-refractivity contribution is -0.137. The number of halogens is 4. The maximum Gasteiger partial charge on any atom is 0.416 e. The average Bonchev–Trinajstić information content (AvgIpc) is 3.44. The fourth-order valence-corrected chi connectivity index (χ4v) is 8.50. The van der Waals surface area contributed by atoms with Gasteiger partial charge >= 0.3 is 11.0 Å². The number of hydrogen-bond donors (Lipinski definition) is 2. The van der Waals surface area contributed by atoms with Crippen molar-refractivity contribution in [3.8, 4) is 11.5 Å². The molecule has 2 aliphatic heterocycles. The number of carbonyl (C=O) groups is 3. The van der Waals surface area contributed by atoms with E-state index in [1.54, 1.807) is 30.3 Å². The minimum atomic E-state index is -4.61. The van der Waals surface area contributed by atoms with Crippen LogP contribution in [0.4, 0.5) is 24.5 Å². The third kappa shape index (κ3) is 5.64. The van der Waals surface area contributed by atoms with Gasteiger partial charge in [0.2, 0.25) is 17.7 Å². The summed E-state index contributed by atoms with van der Waals surface area (Å²) in [6.07, 6.45) is -4.61. The van der Waals surface area contributed by atoms with Gasteiger partial charge in [0.05, 0.1) is 29.3 Å². The minimum Gasteiger partial charge on any atom is -0.504 e. The van der Waals surface area contributed by atoms with Crippen molar-refractivity contribution in [1.82, 2.24) is 4.57 Å². The Balaban J connectivity index is 1.40. The molecule has 0 bridgehead atoms. The quantitative estimate of drug-likeness (QED) is 0.241. The molecule has 1 saturated heterocycles. The third-order valence-electron chi connectivity index (χ3n) is 7.47. The fraction of sp³-hybridized carbons (Fsp3) is 0.200. The highest BCUT2D eigenvalue weighted by Gasteiger charge is 2.57. The van der Waals surface area contributed by atoms with Crippen LogP contribution >= 0.6 is 39.0 Å². The van der Waals surface area contributed by atoms with Gasteiger partial charge in [-0.25, -0.2) is 4.90 Å². The molecule has 232 valence electrons. The lowest BCUT2D eigenvalue weighted by Gasteiger charge is -2.31. The number of rotatable bonds is 6. The molecule has 0 saturated carbocycles. The number of methoxy groups -OCH3 is 1. The highest BCUT2D eigenvalue weighted by atomic mass is 79.9. The first-order chi connectivity index (χ1) is 21.4. The normalized spacial score (nSPS) is 19.3. The number of thioether (sulfide) groups is 1. The van der Waals surface area contributed by atoms with Gasteiger partial charge < -0.3 is 15.2 Å². The Hall–Kier alpha value is -4.08. The summed E-state index contributed by atoms with van der Waals surface area (Å²) >= 11 is 5.15. The second-order valence-electron chi connectivity index (χ2n) is 10.2. The van der Waals surface area contributed by atoms with Crippen molar-refractivity contribution in [2.45, 2.75) is 28.9 Å². The molecule has 3 unspecified atom stereocenters. The standard InChI is InChI=1S/C30H21BrF3N3O6S2/c1-43-20-11-14(5-10-19(20)38)22-23-24(27(41)37(26(23)40)18-8-6-16(31)7-9-18)44-28-25(22)45-29(42)36(28)13-21(39)35-17-4-2-3-15(12-17)30(32,33)34/h2-12,22-24,38H,13H2,1H3,(H,35,39). The van der Waals surface area contributed by atoms with Crippen LogP contribution in [0.15, 0.2) is 81.0 Å². The molecule has 45 heavy (non-hydrogen) atoms. The van der Waals surface area contributed by atoms with E-state index in [2.05, 4.69) is 21.2 Å². The van der Waals surface area contributed by atoms with Crippen molar-refractivity contribution in [1.29, 1.82) is 0 Å². The molecular formula is C30H21BrF3N3O6S2. The number of imide groups is 1. The van der Waals surface area contributed by atoms with Gasteiger partial charge in [-0.2, -0.15) is 13.2 Å². The Morgan fingerprint density at radius 3 is 2.47 bits per heavy atom. The van der Waals surface area contributed by atoms with Gasteiger partial charge in [-0.3, -0.25) is 23.7 Å². The number of amides is 3. The van der Waals surface area contributed by atoms with E-state index in [1.807, 2.05) is 0 Å². The largest absolute Gasteiger partial charge is 0.504 e. The molecule has 6 rings (SSSR count). The number of ether oxygens (including phenoxy) is 1. The second-order valence-corrected chi connectivity index (χ2v) is 13.3. The predicted molar refractivity (Wildman–Crippen MR) is 165 cm³/mol. The number of phenols is 1. The summed E-state index contributed by atoms with van der Waals surface area (Å²) in [7, 11) is 1.36. The maximum absolute atomic E-state index is 14.0. The highest BCUT2D eigenvalue weighted by molar-refractivity contribution is 9.10. The first kappa shape index (κ1) is 30.9. The number of nitrogens with one attached hydrogen (secondary N) is 1. The predicted octanol–water partition coefficient (Wildman–Crippen LogP) is 5.84. The van der Waals surface area contributed by atoms with Crippen LogP contribution in [0.2, 0.25) is 0 Å². The zero-order valence-electron chi connectivity index (χ0n) is 23.0. The summed E-state index contributed by atoms with van der Waals surface area (Å²) in [4.78, 5) is 55.2. The van der Waals surface area contributed by atoms with Crippen molar-refractivity contribution < 1.29 is 37.4 Å². The molecule has 1 aromatic heterocycles. The van der Waals surface area contributed by atoms with E-state index in [0.717, 1.165) is 55.2 Å². The van der Waals surface area contributed by atoms with Crippen molar-refractivity contribution in [2.24, 2.45) is 5.92 Å². The lowest BCUT2D eigenvalue weighted by atomic mass is 9.83. The summed E-state index contributed by atoms with van der Waals surface area (Å²) in [5, 5.41) is 12.0.